The summed E-state index contributed by atoms with van der Waals surface area (Å²) in [6, 6.07) is 12.9. The van der Waals surface area contributed by atoms with Crippen molar-refractivity contribution in [3.8, 4) is 5.75 Å². The normalized spacial score (nSPS) is 12.6. The van der Waals surface area contributed by atoms with Crippen molar-refractivity contribution in [2.24, 2.45) is 0 Å². The summed E-state index contributed by atoms with van der Waals surface area (Å²) in [6.07, 6.45) is 0.896. The highest BCUT2D eigenvalue weighted by Gasteiger charge is 2.13. The van der Waals surface area contributed by atoms with Gasteiger partial charge in [0.25, 0.3) is 0 Å². The molecule has 108 valence electrons. The van der Waals surface area contributed by atoms with Gasteiger partial charge < -0.3 is 14.8 Å². The van der Waals surface area contributed by atoms with Crippen LogP contribution in [0, 0.1) is 0 Å². The quantitative estimate of drug-likeness (QED) is 0.783. The number of hydrogen-bond donors (Lipinski definition) is 1. The SMILES string of the molecule is CNC(C)c1ccc2ccccc2c1OCCCOC. The number of fused-ring (bicyclic) bond motifs is 1. The van der Waals surface area contributed by atoms with Crippen molar-refractivity contribution < 1.29 is 9.47 Å². The Bertz CT molecular complexity index is 554. The fourth-order valence-corrected chi connectivity index (χ4v) is 2.29. The fraction of sp³-hybridized carbons (Fsp3) is 0.412. The molecule has 0 aliphatic carbocycles. The van der Waals surface area contributed by atoms with E-state index >= 15 is 0 Å². The lowest BCUT2D eigenvalue weighted by Gasteiger charge is -2.18. The van der Waals surface area contributed by atoms with Gasteiger partial charge >= 0.3 is 0 Å². The molecule has 0 radical (unpaired) electrons. The molecule has 0 fully saturated rings. The zero-order valence-electron chi connectivity index (χ0n) is 12.5. The molecular weight excluding hydrogens is 250 g/mol. The average molecular weight is 273 g/mol. The molecule has 0 aliphatic rings. The second kappa shape index (κ2) is 7.27. The molecule has 20 heavy (non-hydrogen) atoms. The summed E-state index contributed by atoms with van der Waals surface area (Å²) in [5.74, 6) is 0.987. The largest absolute Gasteiger partial charge is 0.493 e. The Labute approximate surface area is 120 Å². The molecule has 2 rings (SSSR count). The van der Waals surface area contributed by atoms with Crippen LogP contribution in [0.4, 0.5) is 0 Å². The first-order valence-corrected chi connectivity index (χ1v) is 7.08. The van der Waals surface area contributed by atoms with E-state index in [0.29, 0.717) is 6.61 Å². The maximum Gasteiger partial charge on any atom is 0.131 e. The lowest BCUT2D eigenvalue weighted by Crippen LogP contribution is -2.14. The Morgan fingerprint density at radius 3 is 2.65 bits per heavy atom. The summed E-state index contributed by atoms with van der Waals surface area (Å²) in [5, 5.41) is 5.66. The Morgan fingerprint density at radius 2 is 1.90 bits per heavy atom. The summed E-state index contributed by atoms with van der Waals surface area (Å²) in [5.41, 5.74) is 1.20. The average Bonchev–Trinajstić information content (AvgIpc) is 2.50. The molecule has 0 bridgehead atoms. The van der Waals surface area contributed by atoms with E-state index in [2.05, 4.69) is 48.6 Å². The lowest BCUT2D eigenvalue weighted by atomic mass is 10.0. The van der Waals surface area contributed by atoms with Crippen LogP contribution in [-0.2, 0) is 4.74 Å². The van der Waals surface area contributed by atoms with Gasteiger partial charge in [-0.1, -0.05) is 36.4 Å². The third kappa shape index (κ3) is 3.30. The lowest BCUT2D eigenvalue weighted by molar-refractivity contribution is 0.172. The Hall–Kier alpha value is -1.58. The third-order valence-electron chi connectivity index (χ3n) is 3.55. The topological polar surface area (TPSA) is 30.5 Å². The molecule has 0 saturated carbocycles. The molecule has 1 N–H and O–H groups in total. The summed E-state index contributed by atoms with van der Waals surface area (Å²) in [6.45, 7) is 3.54. The molecule has 0 saturated heterocycles. The van der Waals surface area contributed by atoms with Crippen LogP contribution in [0.2, 0.25) is 0 Å². The zero-order valence-corrected chi connectivity index (χ0v) is 12.5. The molecular formula is C17H23NO2. The number of hydrogen-bond acceptors (Lipinski definition) is 3. The van der Waals surface area contributed by atoms with E-state index in [4.69, 9.17) is 9.47 Å². The van der Waals surface area contributed by atoms with Gasteiger partial charge in [0.15, 0.2) is 0 Å². The van der Waals surface area contributed by atoms with Crippen LogP contribution < -0.4 is 10.1 Å². The molecule has 0 amide bonds. The number of ether oxygens (including phenoxy) is 2. The minimum Gasteiger partial charge on any atom is -0.493 e. The first kappa shape index (κ1) is 14.8. The highest BCUT2D eigenvalue weighted by Crippen LogP contribution is 2.33. The minimum absolute atomic E-state index is 0.261. The molecule has 0 aliphatic heterocycles. The van der Waals surface area contributed by atoms with Gasteiger partial charge in [0.05, 0.1) is 6.61 Å². The molecule has 1 atom stereocenters. The maximum atomic E-state index is 6.06. The van der Waals surface area contributed by atoms with Crippen molar-refractivity contribution in [3.05, 3.63) is 42.0 Å². The van der Waals surface area contributed by atoms with E-state index in [0.717, 1.165) is 18.8 Å². The van der Waals surface area contributed by atoms with E-state index in [9.17, 15) is 0 Å². The standard InChI is InChI=1S/C17H23NO2/c1-13(18-2)15-10-9-14-7-4-5-8-16(14)17(15)20-12-6-11-19-3/h4-5,7-10,13,18H,6,11-12H2,1-3H3. The second-order valence-electron chi connectivity index (χ2n) is 4.91. The number of rotatable bonds is 7. The molecule has 2 aromatic rings. The molecule has 3 heteroatoms. The van der Waals surface area contributed by atoms with Crippen LogP contribution in [0.3, 0.4) is 0 Å². The van der Waals surface area contributed by atoms with E-state index in [1.54, 1.807) is 7.11 Å². The van der Waals surface area contributed by atoms with Gasteiger partial charge in [0.1, 0.15) is 5.75 Å². The van der Waals surface area contributed by atoms with Crippen molar-refractivity contribution in [2.45, 2.75) is 19.4 Å². The monoisotopic (exact) mass is 273 g/mol. The van der Waals surface area contributed by atoms with Gasteiger partial charge in [0.2, 0.25) is 0 Å². The predicted octanol–water partition coefficient (Wildman–Crippen LogP) is 3.54. The van der Waals surface area contributed by atoms with Crippen LogP contribution >= 0.6 is 0 Å². The highest BCUT2D eigenvalue weighted by atomic mass is 16.5. The predicted molar refractivity (Wildman–Crippen MR) is 83.4 cm³/mol. The summed E-state index contributed by atoms with van der Waals surface area (Å²) >= 11 is 0. The van der Waals surface area contributed by atoms with Crippen molar-refractivity contribution in [1.29, 1.82) is 0 Å². The molecule has 2 aromatic carbocycles. The minimum atomic E-state index is 0.261. The Kier molecular flexibility index (Phi) is 5.39. The van der Waals surface area contributed by atoms with E-state index < -0.39 is 0 Å². The van der Waals surface area contributed by atoms with Gasteiger partial charge in [-0.15, -0.1) is 0 Å². The molecule has 0 spiro atoms. The van der Waals surface area contributed by atoms with Crippen molar-refractivity contribution >= 4 is 10.8 Å². The van der Waals surface area contributed by atoms with Crippen LogP contribution in [0.25, 0.3) is 10.8 Å². The third-order valence-corrected chi connectivity index (χ3v) is 3.55. The van der Waals surface area contributed by atoms with Gasteiger partial charge in [-0.25, -0.2) is 0 Å². The zero-order chi connectivity index (χ0) is 14.4. The van der Waals surface area contributed by atoms with Crippen LogP contribution in [0.15, 0.2) is 36.4 Å². The highest BCUT2D eigenvalue weighted by molar-refractivity contribution is 5.89. The van der Waals surface area contributed by atoms with E-state index in [-0.39, 0.29) is 6.04 Å². The second-order valence-corrected chi connectivity index (χ2v) is 4.91. The van der Waals surface area contributed by atoms with Gasteiger partial charge in [-0.3, -0.25) is 0 Å². The van der Waals surface area contributed by atoms with E-state index in [1.807, 2.05) is 7.05 Å². The van der Waals surface area contributed by atoms with Crippen molar-refractivity contribution in [1.82, 2.24) is 5.32 Å². The van der Waals surface area contributed by atoms with Crippen LogP contribution in [-0.4, -0.2) is 27.4 Å². The molecule has 0 heterocycles. The van der Waals surface area contributed by atoms with Crippen LogP contribution in [0.1, 0.15) is 24.9 Å². The number of nitrogens with one attached hydrogen (secondary N) is 1. The first-order chi connectivity index (χ1) is 9.77. The van der Waals surface area contributed by atoms with Gasteiger partial charge in [0, 0.05) is 37.1 Å². The first-order valence-electron chi connectivity index (χ1n) is 7.08. The van der Waals surface area contributed by atoms with Crippen LogP contribution in [0.5, 0.6) is 5.75 Å². The van der Waals surface area contributed by atoms with Gasteiger partial charge in [-0.05, 0) is 19.4 Å². The number of benzene rings is 2. The summed E-state index contributed by atoms with van der Waals surface area (Å²) < 4.78 is 11.1. The van der Waals surface area contributed by atoms with E-state index in [1.165, 1.54) is 16.3 Å². The van der Waals surface area contributed by atoms with Gasteiger partial charge in [-0.2, -0.15) is 0 Å². The number of methoxy groups -OCH3 is 1. The Morgan fingerprint density at radius 1 is 1.10 bits per heavy atom. The van der Waals surface area contributed by atoms with Crippen molar-refractivity contribution in [3.63, 3.8) is 0 Å². The summed E-state index contributed by atoms with van der Waals surface area (Å²) in [7, 11) is 3.68. The smallest absolute Gasteiger partial charge is 0.131 e. The molecule has 0 aromatic heterocycles. The molecule has 1 unspecified atom stereocenters. The summed E-state index contributed by atoms with van der Waals surface area (Å²) in [4.78, 5) is 0. The molecule has 3 nitrogen and oxygen atoms in total. The van der Waals surface area contributed by atoms with Crippen molar-refractivity contribution in [2.75, 3.05) is 27.4 Å². The maximum absolute atomic E-state index is 6.06. The Balaban J connectivity index is 2.34. The fourth-order valence-electron chi connectivity index (χ4n) is 2.29.